The van der Waals surface area contributed by atoms with Gasteiger partial charge in [-0.25, -0.2) is 8.42 Å². The quantitative estimate of drug-likeness (QED) is 0.809. The number of rotatable bonds is 2. The van der Waals surface area contributed by atoms with E-state index in [9.17, 15) is 13.2 Å². The summed E-state index contributed by atoms with van der Waals surface area (Å²) in [7, 11) is -3.09. The van der Waals surface area contributed by atoms with Gasteiger partial charge in [0.1, 0.15) is 0 Å². The lowest BCUT2D eigenvalue weighted by atomic mass is 10.0. The van der Waals surface area contributed by atoms with Crippen molar-refractivity contribution in [3.63, 3.8) is 0 Å². The number of hydrogen-bond donors (Lipinski definition) is 0. The third kappa shape index (κ3) is 3.14. The van der Waals surface area contributed by atoms with Gasteiger partial charge in [0, 0.05) is 37.6 Å². The molecule has 0 saturated carbocycles. The Morgan fingerprint density at radius 3 is 2.68 bits per heavy atom. The fourth-order valence-electron chi connectivity index (χ4n) is 3.48. The summed E-state index contributed by atoms with van der Waals surface area (Å²) in [4.78, 5) is 15.6. The summed E-state index contributed by atoms with van der Waals surface area (Å²) in [5.74, 6) is 0.153. The molecule has 1 aromatic carbocycles. The highest BCUT2D eigenvalue weighted by molar-refractivity contribution is 7.91. The maximum absolute atomic E-state index is 12.0. The van der Waals surface area contributed by atoms with Crippen LogP contribution in [0.3, 0.4) is 0 Å². The van der Waals surface area contributed by atoms with E-state index >= 15 is 0 Å². The Hall–Kier alpha value is -1.11. The summed E-state index contributed by atoms with van der Waals surface area (Å²) in [5, 5.41) is 0.676. The molecule has 0 bridgehead atoms. The number of hydrogen-bond acceptors (Lipinski definition) is 4. The predicted octanol–water partition coefficient (Wildman–Crippen LogP) is 1.17. The highest BCUT2D eigenvalue weighted by Crippen LogP contribution is 2.28. The van der Waals surface area contributed by atoms with Gasteiger partial charge in [-0.2, -0.15) is 0 Å². The van der Waals surface area contributed by atoms with Crippen molar-refractivity contribution in [2.24, 2.45) is 0 Å². The Morgan fingerprint density at radius 2 is 2.00 bits per heavy atom. The summed E-state index contributed by atoms with van der Waals surface area (Å²) >= 11 is 6.02. The second kappa shape index (κ2) is 5.83. The topological polar surface area (TPSA) is 57.7 Å². The minimum absolute atomic E-state index is 0.0468. The van der Waals surface area contributed by atoms with E-state index in [-0.39, 0.29) is 29.5 Å². The number of benzene rings is 1. The van der Waals surface area contributed by atoms with Gasteiger partial charge >= 0.3 is 0 Å². The molecule has 3 rings (SSSR count). The van der Waals surface area contributed by atoms with E-state index in [1.807, 2.05) is 24.3 Å². The van der Waals surface area contributed by atoms with Crippen molar-refractivity contribution in [1.29, 1.82) is 0 Å². The van der Waals surface area contributed by atoms with Crippen LogP contribution >= 0.6 is 11.6 Å². The van der Waals surface area contributed by atoms with E-state index in [1.54, 1.807) is 4.90 Å². The van der Waals surface area contributed by atoms with Gasteiger partial charge in [-0.3, -0.25) is 9.69 Å². The van der Waals surface area contributed by atoms with Crippen LogP contribution in [0, 0.1) is 0 Å². The summed E-state index contributed by atoms with van der Waals surface area (Å²) in [5.41, 5.74) is 1.06. The molecule has 120 valence electrons. The lowest BCUT2D eigenvalue weighted by molar-refractivity contribution is -0.134. The van der Waals surface area contributed by atoms with Crippen LogP contribution in [-0.4, -0.2) is 60.8 Å². The van der Waals surface area contributed by atoms with Crippen molar-refractivity contribution in [1.82, 2.24) is 9.80 Å². The molecular weight excluding hydrogens is 324 g/mol. The van der Waals surface area contributed by atoms with Gasteiger partial charge in [0.25, 0.3) is 0 Å². The second-order valence-electron chi connectivity index (χ2n) is 6.02. The molecule has 2 saturated heterocycles. The molecule has 2 aliphatic heterocycles. The lowest BCUT2D eigenvalue weighted by Gasteiger charge is -2.43. The Labute approximate surface area is 135 Å². The molecule has 0 spiro atoms. The number of piperazine rings is 1. The third-order valence-electron chi connectivity index (χ3n) is 4.47. The van der Waals surface area contributed by atoms with Gasteiger partial charge in [0.2, 0.25) is 5.91 Å². The number of halogens is 1. The van der Waals surface area contributed by atoms with Crippen molar-refractivity contribution < 1.29 is 13.2 Å². The Bertz CT molecular complexity index is 692. The first-order chi connectivity index (χ1) is 10.4. The van der Waals surface area contributed by atoms with Crippen molar-refractivity contribution in [3.05, 3.63) is 34.9 Å². The van der Waals surface area contributed by atoms with Gasteiger partial charge in [-0.1, -0.05) is 23.7 Å². The zero-order chi connectivity index (χ0) is 15.9. The summed E-state index contributed by atoms with van der Waals surface area (Å²) < 4.78 is 24.1. The largest absolute Gasteiger partial charge is 0.336 e. The van der Waals surface area contributed by atoms with Gasteiger partial charge in [0.15, 0.2) is 9.84 Å². The minimum atomic E-state index is -3.09. The first-order valence-corrected chi connectivity index (χ1v) is 9.52. The van der Waals surface area contributed by atoms with Gasteiger partial charge in [-0.15, -0.1) is 0 Å². The van der Waals surface area contributed by atoms with Gasteiger partial charge in [-0.05, 0) is 17.7 Å². The average molecular weight is 343 g/mol. The number of carbonyl (C=O) groups excluding carboxylic acids is 1. The SMILES string of the molecule is CC(=O)N1CCN(Cc2cccc(Cl)c2)[C@@H]2CS(=O)(=O)C[C@@H]21. The molecule has 1 amide bonds. The Morgan fingerprint density at radius 1 is 1.27 bits per heavy atom. The molecule has 2 aliphatic rings. The summed E-state index contributed by atoms with van der Waals surface area (Å²) in [6, 6.07) is 7.25. The van der Waals surface area contributed by atoms with Crippen LogP contribution in [0.15, 0.2) is 24.3 Å². The van der Waals surface area contributed by atoms with E-state index in [1.165, 1.54) is 6.92 Å². The molecule has 0 aromatic heterocycles. The molecule has 2 fully saturated rings. The van der Waals surface area contributed by atoms with Crippen LogP contribution in [0.5, 0.6) is 0 Å². The highest BCUT2D eigenvalue weighted by atomic mass is 35.5. The van der Waals surface area contributed by atoms with Crippen LogP contribution in [0.2, 0.25) is 5.02 Å². The fraction of sp³-hybridized carbons (Fsp3) is 0.533. The van der Waals surface area contributed by atoms with E-state index < -0.39 is 9.84 Å². The zero-order valence-corrected chi connectivity index (χ0v) is 14.0. The normalized spacial score (nSPS) is 27.6. The van der Waals surface area contributed by atoms with E-state index in [4.69, 9.17) is 11.6 Å². The number of sulfone groups is 1. The number of fused-ring (bicyclic) bond motifs is 1. The minimum Gasteiger partial charge on any atom is -0.336 e. The van der Waals surface area contributed by atoms with Gasteiger partial charge < -0.3 is 4.90 Å². The first-order valence-electron chi connectivity index (χ1n) is 7.32. The monoisotopic (exact) mass is 342 g/mol. The molecular formula is C15H19ClN2O3S. The molecule has 5 nitrogen and oxygen atoms in total. The molecule has 0 N–H and O–H groups in total. The third-order valence-corrected chi connectivity index (χ3v) is 6.40. The maximum Gasteiger partial charge on any atom is 0.219 e. The second-order valence-corrected chi connectivity index (χ2v) is 8.61. The Kier molecular flexibility index (Phi) is 4.18. The molecule has 0 radical (unpaired) electrons. The molecule has 0 aliphatic carbocycles. The van der Waals surface area contributed by atoms with E-state index in [2.05, 4.69) is 4.90 Å². The van der Waals surface area contributed by atoms with Crippen LogP contribution < -0.4 is 0 Å². The predicted molar refractivity (Wildman–Crippen MR) is 85.5 cm³/mol. The molecule has 22 heavy (non-hydrogen) atoms. The standard InChI is InChI=1S/C15H19ClN2O3S/c1-11(19)18-6-5-17(8-12-3-2-4-13(16)7-12)14-9-22(20,21)10-15(14)18/h2-4,7,14-15H,5-6,8-10H2,1H3/t14-,15+/m1/s1. The highest BCUT2D eigenvalue weighted by Gasteiger charge is 2.47. The van der Waals surface area contributed by atoms with Crippen LogP contribution in [0.1, 0.15) is 12.5 Å². The van der Waals surface area contributed by atoms with Crippen LogP contribution in [0.4, 0.5) is 0 Å². The number of nitrogens with zero attached hydrogens (tertiary/aromatic N) is 2. The molecule has 2 heterocycles. The number of carbonyl (C=O) groups is 1. The smallest absolute Gasteiger partial charge is 0.219 e. The van der Waals surface area contributed by atoms with Crippen molar-refractivity contribution in [2.45, 2.75) is 25.6 Å². The molecule has 1 aromatic rings. The summed E-state index contributed by atoms with van der Waals surface area (Å²) in [6.07, 6.45) is 0. The Balaban J connectivity index is 1.83. The fourth-order valence-corrected chi connectivity index (χ4v) is 5.71. The van der Waals surface area contributed by atoms with Crippen molar-refractivity contribution in [3.8, 4) is 0 Å². The van der Waals surface area contributed by atoms with E-state index in [0.29, 0.717) is 24.7 Å². The average Bonchev–Trinajstić information content (AvgIpc) is 2.74. The summed E-state index contributed by atoms with van der Waals surface area (Å²) in [6.45, 7) is 3.42. The zero-order valence-electron chi connectivity index (χ0n) is 12.4. The molecule has 2 atom stereocenters. The maximum atomic E-state index is 12.0. The van der Waals surface area contributed by atoms with Crippen molar-refractivity contribution in [2.75, 3.05) is 24.6 Å². The number of amides is 1. The first kappa shape index (κ1) is 15.8. The lowest BCUT2D eigenvalue weighted by Crippen LogP contribution is -2.59. The molecule has 7 heteroatoms. The van der Waals surface area contributed by atoms with Crippen LogP contribution in [0.25, 0.3) is 0 Å². The van der Waals surface area contributed by atoms with Gasteiger partial charge in [0.05, 0.1) is 17.5 Å². The van der Waals surface area contributed by atoms with Crippen molar-refractivity contribution >= 4 is 27.3 Å². The van der Waals surface area contributed by atoms with Crippen LogP contribution in [-0.2, 0) is 21.2 Å². The van der Waals surface area contributed by atoms with E-state index in [0.717, 1.165) is 5.56 Å². The molecule has 0 unspecified atom stereocenters.